The summed E-state index contributed by atoms with van der Waals surface area (Å²) in [5.41, 5.74) is 13.7. The smallest absolute Gasteiger partial charge is 0.0991 e. The van der Waals surface area contributed by atoms with Gasteiger partial charge in [0.15, 0.2) is 0 Å². The van der Waals surface area contributed by atoms with Gasteiger partial charge in [0.05, 0.1) is 50.4 Å². The maximum absolute atomic E-state index is 9.86. The highest BCUT2D eigenvalue weighted by Gasteiger charge is 2.23. The fourth-order valence-corrected chi connectivity index (χ4v) is 9.13. The summed E-state index contributed by atoms with van der Waals surface area (Å²) in [6, 6.07) is 61.0. The summed E-state index contributed by atoms with van der Waals surface area (Å²) in [5.74, 6) is 0. The molecule has 5 heteroatoms. The van der Waals surface area contributed by atoms with Gasteiger partial charge >= 0.3 is 0 Å². The molecular formula is C52H37N5. The van der Waals surface area contributed by atoms with Gasteiger partial charge in [-0.2, -0.15) is 5.26 Å². The Kier molecular flexibility index (Phi) is 7.11. The van der Waals surface area contributed by atoms with E-state index in [1.807, 2.05) is 24.4 Å². The van der Waals surface area contributed by atoms with Crippen molar-refractivity contribution in [2.45, 2.75) is 26.2 Å². The lowest BCUT2D eigenvalue weighted by atomic mass is 9.84. The first-order chi connectivity index (χ1) is 27.9. The number of nitrogens with zero attached hydrogens (tertiary/aromatic N) is 5. The second kappa shape index (κ2) is 12.3. The van der Waals surface area contributed by atoms with Crippen molar-refractivity contribution in [2.75, 3.05) is 0 Å². The van der Waals surface area contributed by atoms with Crippen LogP contribution in [0.15, 0.2) is 170 Å². The summed E-state index contributed by atoms with van der Waals surface area (Å²) in [7, 11) is 0. The Balaban J connectivity index is 1.22. The highest BCUT2D eigenvalue weighted by Crippen LogP contribution is 2.41. The quantitative estimate of drug-likeness (QED) is 0.181. The molecule has 0 amide bonds. The third-order valence-corrected chi connectivity index (χ3v) is 11.6. The summed E-state index contributed by atoms with van der Waals surface area (Å²) >= 11 is 0. The van der Waals surface area contributed by atoms with E-state index in [4.69, 9.17) is 4.98 Å². The average molecular weight is 732 g/mol. The summed E-state index contributed by atoms with van der Waals surface area (Å²) in [4.78, 5) is 5.06. The predicted octanol–water partition coefficient (Wildman–Crippen LogP) is 13.2. The average Bonchev–Trinajstić information content (AvgIpc) is 3.88. The summed E-state index contributed by atoms with van der Waals surface area (Å²) in [5, 5.41) is 16.9. The van der Waals surface area contributed by atoms with Crippen LogP contribution >= 0.6 is 0 Å². The number of hydrogen-bond acceptors (Lipinski definition) is 2. The SMILES string of the molecule is CC(C)(C)c1cccnc1-c1cc(-n2c3ccccc3c3cc(C#N)ccc32)cc(-n2c3ccccc3c3cc(-n4c5ccccc5c5ccccc54)ccc32)c1. The minimum atomic E-state index is -0.129. The van der Waals surface area contributed by atoms with Gasteiger partial charge in [-0.25, -0.2) is 0 Å². The molecule has 0 unspecified atom stereocenters. The second-order valence-electron chi connectivity index (χ2n) is 16.0. The Morgan fingerprint density at radius 1 is 0.439 bits per heavy atom. The maximum Gasteiger partial charge on any atom is 0.0991 e. The molecule has 0 aliphatic carbocycles. The fraction of sp³-hybridized carbons (Fsp3) is 0.0769. The molecule has 0 saturated heterocycles. The molecule has 0 spiro atoms. The Morgan fingerprint density at radius 2 is 0.895 bits per heavy atom. The van der Waals surface area contributed by atoms with Crippen LogP contribution in [0.1, 0.15) is 31.9 Å². The van der Waals surface area contributed by atoms with Crippen LogP contribution in [0.3, 0.4) is 0 Å². The van der Waals surface area contributed by atoms with E-state index in [1.54, 1.807) is 0 Å². The van der Waals surface area contributed by atoms with Gasteiger partial charge in [-0.3, -0.25) is 4.98 Å². The first-order valence-electron chi connectivity index (χ1n) is 19.4. The summed E-state index contributed by atoms with van der Waals surface area (Å²) < 4.78 is 7.14. The summed E-state index contributed by atoms with van der Waals surface area (Å²) in [6.45, 7) is 6.75. The monoisotopic (exact) mass is 731 g/mol. The Hall–Kier alpha value is -7.42. The van der Waals surface area contributed by atoms with E-state index in [0.29, 0.717) is 5.56 Å². The van der Waals surface area contributed by atoms with Crippen molar-refractivity contribution in [1.29, 1.82) is 5.26 Å². The van der Waals surface area contributed by atoms with Crippen molar-refractivity contribution in [1.82, 2.24) is 18.7 Å². The van der Waals surface area contributed by atoms with Crippen LogP contribution in [0.2, 0.25) is 0 Å². The van der Waals surface area contributed by atoms with E-state index < -0.39 is 0 Å². The Labute approximate surface area is 329 Å². The molecule has 0 aliphatic heterocycles. The van der Waals surface area contributed by atoms with E-state index in [9.17, 15) is 5.26 Å². The molecule has 270 valence electrons. The van der Waals surface area contributed by atoms with Gasteiger partial charge in [0.1, 0.15) is 0 Å². The van der Waals surface area contributed by atoms with E-state index in [0.717, 1.165) is 61.2 Å². The Morgan fingerprint density at radius 3 is 1.42 bits per heavy atom. The molecule has 4 aromatic heterocycles. The number of rotatable bonds is 4. The van der Waals surface area contributed by atoms with Crippen molar-refractivity contribution in [3.63, 3.8) is 0 Å². The molecule has 0 bridgehead atoms. The summed E-state index contributed by atoms with van der Waals surface area (Å²) in [6.07, 6.45) is 1.90. The molecule has 7 aromatic carbocycles. The van der Waals surface area contributed by atoms with Gasteiger partial charge in [-0.05, 0) is 95.9 Å². The van der Waals surface area contributed by atoms with Gasteiger partial charge < -0.3 is 13.7 Å². The zero-order valence-electron chi connectivity index (χ0n) is 31.9. The van der Waals surface area contributed by atoms with Crippen LogP contribution in [0.5, 0.6) is 0 Å². The molecule has 11 aromatic rings. The van der Waals surface area contributed by atoms with Crippen LogP contribution in [-0.2, 0) is 5.41 Å². The number of pyridine rings is 1. The lowest BCUT2D eigenvalue weighted by molar-refractivity contribution is 0.589. The van der Waals surface area contributed by atoms with E-state index in [1.165, 1.54) is 38.1 Å². The van der Waals surface area contributed by atoms with Crippen molar-refractivity contribution >= 4 is 65.4 Å². The molecule has 0 radical (unpaired) electrons. The standard InChI is InChI=1S/C52H37N5/c1-52(2,3)44-17-12-26-54-51(44)34-28-36(56-47-20-10-6-15-40(47)42-27-33(32-53)22-24-49(42)56)30-37(29-34)57-48-21-11-7-16-41(48)43-31-35(23-25-50(43)57)55-45-18-8-4-13-38(45)39-14-5-9-19-46(39)55/h4-31H,1-3H3. The lowest BCUT2D eigenvalue weighted by Gasteiger charge is -2.23. The van der Waals surface area contributed by atoms with Crippen molar-refractivity contribution in [3.8, 4) is 34.4 Å². The van der Waals surface area contributed by atoms with Crippen LogP contribution in [0.4, 0.5) is 0 Å². The van der Waals surface area contributed by atoms with Crippen molar-refractivity contribution < 1.29 is 0 Å². The molecule has 0 atom stereocenters. The Bertz CT molecular complexity index is 3420. The highest BCUT2D eigenvalue weighted by atomic mass is 15.0. The van der Waals surface area contributed by atoms with E-state index >= 15 is 0 Å². The van der Waals surface area contributed by atoms with Gasteiger partial charge in [-0.1, -0.05) is 99.6 Å². The number of benzene rings is 7. The zero-order valence-corrected chi connectivity index (χ0v) is 31.9. The zero-order chi connectivity index (χ0) is 38.4. The molecule has 4 heterocycles. The molecule has 57 heavy (non-hydrogen) atoms. The largest absolute Gasteiger partial charge is 0.309 e. The number of hydrogen-bond donors (Lipinski definition) is 0. The predicted molar refractivity (Wildman–Crippen MR) is 236 cm³/mol. The maximum atomic E-state index is 9.86. The third-order valence-electron chi connectivity index (χ3n) is 11.6. The second-order valence-corrected chi connectivity index (χ2v) is 16.0. The van der Waals surface area contributed by atoms with Gasteiger partial charge in [0, 0.05) is 61.1 Å². The normalized spacial score (nSPS) is 12.1. The number of nitriles is 1. The van der Waals surface area contributed by atoms with Gasteiger partial charge in [-0.15, -0.1) is 0 Å². The minimum Gasteiger partial charge on any atom is -0.309 e. The fourth-order valence-electron chi connectivity index (χ4n) is 9.13. The number of fused-ring (bicyclic) bond motifs is 9. The van der Waals surface area contributed by atoms with Crippen molar-refractivity contribution in [3.05, 3.63) is 181 Å². The lowest BCUT2D eigenvalue weighted by Crippen LogP contribution is -2.13. The third kappa shape index (κ3) is 4.97. The molecule has 0 fully saturated rings. The minimum absolute atomic E-state index is 0.129. The molecular weight excluding hydrogens is 695 g/mol. The highest BCUT2D eigenvalue weighted by molar-refractivity contribution is 6.13. The van der Waals surface area contributed by atoms with Gasteiger partial charge in [0.2, 0.25) is 0 Å². The number of aromatic nitrogens is 4. The molecule has 11 rings (SSSR count). The van der Waals surface area contributed by atoms with Crippen LogP contribution in [-0.4, -0.2) is 18.7 Å². The first-order valence-corrected chi connectivity index (χ1v) is 19.4. The van der Waals surface area contributed by atoms with Gasteiger partial charge in [0.25, 0.3) is 0 Å². The van der Waals surface area contributed by atoms with Crippen molar-refractivity contribution in [2.24, 2.45) is 0 Å². The topological polar surface area (TPSA) is 51.5 Å². The van der Waals surface area contributed by atoms with E-state index in [2.05, 4.69) is 186 Å². The molecule has 0 N–H and O–H groups in total. The van der Waals surface area contributed by atoms with Crippen LogP contribution < -0.4 is 0 Å². The molecule has 0 aliphatic rings. The van der Waals surface area contributed by atoms with Crippen LogP contribution in [0, 0.1) is 11.3 Å². The molecule has 0 saturated carbocycles. The molecule has 5 nitrogen and oxygen atoms in total. The number of para-hydroxylation sites is 4. The van der Waals surface area contributed by atoms with E-state index in [-0.39, 0.29) is 5.41 Å². The van der Waals surface area contributed by atoms with Crippen LogP contribution in [0.25, 0.3) is 93.7 Å². The first kappa shape index (κ1) is 33.0.